The largest absolute Gasteiger partial charge is 0.297 e. The topological polar surface area (TPSA) is 45.2 Å². The van der Waals surface area contributed by atoms with Crippen LogP contribution < -0.4 is 5.32 Å². The van der Waals surface area contributed by atoms with Gasteiger partial charge in [0.1, 0.15) is 0 Å². The number of aryl methyl sites for hydroxylation is 2. The number of fused-ring (bicyclic) bond motifs is 1. The summed E-state index contributed by atoms with van der Waals surface area (Å²) in [6.07, 6.45) is 9.96. The molecule has 0 radical (unpaired) electrons. The molecular weight excluding hydrogens is 350 g/mol. The van der Waals surface area contributed by atoms with Crippen LogP contribution in [0.5, 0.6) is 0 Å². The fourth-order valence-corrected chi connectivity index (χ4v) is 5.57. The van der Waals surface area contributed by atoms with Crippen LogP contribution in [0, 0.1) is 0 Å². The summed E-state index contributed by atoms with van der Waals surface area (Å²) >= 11 is 3.21. The zero-order valence-corrected chi connectivity index (χ0v) is 16.2. The SMILES string of the molecule is O=C(Nc1nc(CN2CCCC2)cs1)c1cc2c(s1)CCCCCC2. The van der Waals surface area contributed by atoms with Crippen LogP contribution in [-0.4, -0.2) is 28.9 Å². The fourth-order valence-electron chi connectivity index (χ4n) is 3.72. The van der Waals surface area contributed by atoms with Crippen LogP contribution in [-0.2, 0) is 19.4 Å². The Bertz CT molecular complexity index is 705. The second-order valence-electron chi connectivity index (χ2n) is 7.05. The Kier molecular flexibility index (Phi) is 5.48. The molecule has 0 spiro atoms. The minimum absolute atomic E-state index is 0.00109. The Hall–Kier alpha value is -1.24. The monoisotopic (exact) mass is 375 g/mol. The number of hydrogen-bond acceptors (Lipinski definition) is 5. The van der Waals surface area contributed by atoms with Crippen molar-refractivity contribution < 1.29 is 4.79 Å². The third-order valence-electron chi connectivity index (χ3n) is 5.08. The summed E-state index contributed by atoms with van der Waals surface area (Å²) in [5, 5.41) is 5.80. The van der Waals surface area contributed by atoms with Gasteiger partial charge in [0.05, 0.1) is 10.6 Å². The Morgan fingerprint density at radius 1 is 1.12 bits per heavy atom. The Morgan fingerprint density at radius 2 is 1.92 bits per heavy atom. The molecule has 0 saturated carbocycles. The lowest BCUT2D eigenvalue weighted by atomic mass is 10.00. The van der Waals surface area contributed by atoms with Crippen molar-refractivity contribution in [1.82, 2.24) is 9.88 Å². The summed E-state index contributed by atoms with van der Waals surface area (Å²) in [5.74, 6) is -0.00109. The van der Waals surface area contributed by atoms with Gasteiger partial charge in [0.25, 0.3) is 5.91 Å². The molecule has 3 heterocycles. The van der Waals surface area contributed by atoms with E-state index in [1.807, 2.05) is 0 Å². The number of carbonyl (C=O) groups is 1. The quantitative estimate of drug-likeness (QED) is 0.841. The van der Waals surface area contributed by atoms with Crippen LogP contribution in [0.25, 0.3) is 0 Å². The molecule has 1 saturated heterocycles. The molecule has 0 atom stereocenters. The van der Waals surface area contributed by atoms with E-state index in [1.54, 1.807) is 11.3 Å². The average Bonchev–Trinajstić information content (AvgIpc) is 3.30. The Morgan fingerprint density at radius 3 is 2.76 bits per heavy atom. The number of carbonyl (C=O) groups excluding carboxylic acids is 1. The lowest BCUT2D eigenvalue weighted by molar-refractivity contribution is 0.103. The Balaban J connectivity index is 1.40. The van der Waals surface area contributed by atoms with Crippen molar-refractivity contribution in [1.29, 1.82) is 0 Å². The summed E-state index contributed by atoms with van der Waals surface area (Å²) < 4.78 is 0. The van der Waals surface area contributed by atoms with Gasteiger partial charge < -0.3 is 0 Å². The van der Waals surface area contributed by atoms with E-state index in [0.717, 1.165) is 35.1 Å². The van der Waals surface area contributed by atoms with Crippen molar-refractivity contribution in [2.75, 3.05) is 18.4 Å². The molecule has 0 bridgehead atoms. The molecule has 2 aromatic heterocycles. The minimum atomic E-state index is -0.00109. The normalized spacial score (nSPS) is 18.6. The van der Waals surface area contributed by atoms with Gasteiger partial charge in [-0.1, -0.05) is 12.8 Å². The molecule has 1 aliphatic heterocycles. The summed E-state index contributed by atoms with van der Waals surface area (Å²) in [5.41, 5.74) is 2.46. The zero-order chi connectivity index (χ0) is 17.1. The van der Waals surface area contributed by atoms with Gasteiger partial charge in [0.15, 0.2) is 5.13 Å². The van der Waals surface area contributed by atoms with Crippen molar-refractivity contribution in [3.05, 3.63) is 32.5 Å². The molecule has 1 aliphatic carbocycles. The number of nitrogens with zero attached hydrogens (tertiary/aromatic N) is 2. The number of rotatable bonds is 4. The molecule has 0 unspecified atom stereocenters. The van der Waals surface area contributed by atoms with Gasteiger partial charge in [-0.3, -0.25) is 15.0 Å². The van der Waals surface area contributed by atoms with E-state index in [1.165, 1.54) is 73.4 Å². The second kappa shape index (κ2) is 7.98. The maximum absolute atomic E-state index is 12.6. The highest BCUT2D eigenvalue weighted by Crippen LogP contribution is 2.29. The highest BCUT2D eigenvalue weighted by Gasteiger charge is 2.18. The first-order valence-electron chi connectivity index (χ1n) is 9.37. The Labute approximate surface area is 157 Å². The molecule has 134 valence electrons. The third kappa shape index (κ3) is 4.30. The predicted molar refractivity (Wildman–Crippen MR) is 105 cm³/mol. The first-order valence-corrected chi connectivity index (χ1v) is 11.1. The summed E-state index contributed by atoms with van der Waals surface area (Å²) in [6, 6.07) is 2.11. The van der Waals surface area contributed by atoms with Crippen LogP contribution in [0.15, 0.2) is 11.4 Å². The van der Waals surface area contributed by atoms with Gasteiger partial charge in [0.2, 0.25) is 0 Å². The minimum Gasteiger partial charge on any atom is -0.297 e. The summed E-state index contributed by atoms with van der Waals surface area (Å²) in [7, 11) is 0. The number of hydrogen-bond donors (Lipinski definition) is 1. The highest BCUT2D eigenvalue weighted by atomic mass is 32.1. The third-order valence-corrected chi connectivity index (χ3v) is 7.12. The predicted octanol–water partition coefficient (Wildman–Crippen LogP) is 4.71. The van der Waals surface area contributed by atoms with E-state index in [-0.39, 0.29) is 5.91 Å². The van der Waals surface area contributed by atoms with E-state index in [2.05, 4.69) is 26.6 Å². The maximum atomic E-state index is 12.6. The molecule has 1 N–H and O–H groups in total. The second-order valence-corrected chi connectivity index (χ2v) is 9.05. The van der Waals surface area contributed by atoms with Crippen molar-refractivity contribution >= 4 is 33.7 Å². The lowest BCUT2D eigenvalue weighted by Gasteiger charge is -2.11. The van der Waals surface area contributed by atoms with Crippen LogP contribution in [0.3, 0.4) is 0 Å². The highest BCUT2D eigenvalue weighted by molar-refractivity contribution is 7.15. The van der Waals surface area contributed by atoms with E-state index in [0.29, 0.717) is 0 Å². The van der Waals surface area contributed by atoms with Crippen LogP contribution in [0.1, 0.15) is 64.3 Å². The van der Waals surface area contributed by atoms with E-state index >= 15 is 0 Å². The molecule has 1 fully saturated rings. The fraction of sp³-hybridized carbons (Fsp3) is 0.579. The van der Waals surface area contributed by atoms with Crippen LogP contribution >= 0.6 is 22.7 Å². The zero-order valence-electron chi connectivity index (χ0n) is 14.6. The summed E-state index contributed by atoms with van der Waals surface area (Å²) in [4.78, 5) is 21.9. The molecule has 6 heteroatoms. The maximum Gasteiger partial charge on any atom is 0.267 e. The van der Waals surface area contributed by atoms with E-state index in [4.69, 9.17) is 0 Å². The smallest absolute Gasteiger partial charge is 0.267 e. The standard InChI is InChI=1S/C19H25N3OS2/c23-18(17-11-14-7-3-1-2-4-8-16(14)25-17)21-19-20-15(13-24-19)12-22-9-5-6-10-22/h11,13H,1-10,12H2,(H,20,21,23). The number of thiazole rings is 1. The lowest BCUT2D eigenvalue weighted by Crippen LogP contribution is -2.18. The van der Waals surface area contributed by atoms with Crippen LogP contribution in [0.4, 0.5) is 5.13 Å². The van der Waals surface area contributed by atoms with Crippen molar-refractivity contribution in [3.63, 3.8) is 0 Å². The first-order chi connectivity index (χ1) is 12.3. The van der Waals surface area contributed by atoms with E-state index in [9.17, 15) is 4.79 Å². The molecular formula is C19H25N3OS2. The number of thiophene rings is 1. The van der Waals surface area contributed by atoms with Gasteiger partial charge in [0, 0.05) is 16.8 Å². The van der Waals surface area contributed by atoms with Crippen molar-refractivity contribution in [2.24, 2.45) is 0 Å². The van der Waals surface area contributed by atoms with Gasteiger partial charge in [-0.15, -0.1) is 22.7 Å². The molecule has 2 aliphatic rings. The van der Waals surface area contributed by atoms with Crippen LogP contribution in [0.2, 0.25) is 0 Å². The summed E-state index contributed by atoms with van der Waals surface area (Å²) in [6.45, 7) is 3.24. The molecule has 4 nitrogen and oxygen atoms in total. The van der Waals surface area contributed by atoms with Crippen molar-refractivity contribution in [2.45, 2.75) is 57.9 Å². The number of likely N-dealkylation sites (tertiary alicyclic amines) is 1. The van der Waals surface area contributed by atoms with Crippen molar-refractivity contribution in [3.8, 4) is 0 Å². The molecule has 1 amide bonds. The molecule has 0 aromatic carbocycles. The molecule has 25 heavy (non-hydrogen) atoms. The molecule has 2 aromatic rings. The first kappa shape index (κ1) is 17.2. The number of anilines is 1. The van der Waals surface area contributed by atoms with Gasteiger partial charge in [-0.2, -0.15) is 0 Å². The van der Waals surface area contributed by atoms with Gasteiger partial charge in [-0.05, 0) is 63.2 Å². The number of amides is 1. The van der Waals surface area contributed by atoms with Gasteiger partial charge >= 0.3 is 0 Å². The number of aromatic nitrogens is 1. The van der Waals surface area contributed by atoms with E-state index < -0.39 is 0 Å². The molecule has 4 rings (SSSR count). The van der Waals surface area contributed by atoms with Gasteiger partial charge in [-0.25, -0.2) is 4.98 Å². The average molecular weight is 376 g/mol. The number of nitrogens with one attached hydrogen (secondary N) is 1.